The summed E-state index contributed by atoms with van der Waals surface area (Å²) in [6, 6.07) is 9.83. The Morgan fingerprint density at radius 1 is 1.25 bits per heavy atom. The summed E-state index contributed by atoms with van der Waals surface area (Å²) in [5.41, 5.74) is 1.73. The predicted molar refractivity (Wildman–Crippen MR) is 70.9 cm³/mol. The van der Waals surface area contributed by atoms with Crippen molar-refractivity contribution in [1.82, 2.24) is 4.98 Å². The fourth-order valence-electron chi connectivity index (χ4n) is 1.52. The standard InChI is InChI=1S/C12H13NO.C2H6.H2/c1-8(2)12(14)11-7-9-5-3-4-6-10(9)13-11;1-2;/h3-8,13H,1-2H3;1-2H3;1H. The molecule has 0 saturated carbocycles. The minimum atomic E-state index is 0. The van der Waals surface area contributed by atoms with Crippen molar-refractivity contribution < 1.29 is 6.22 Å². The first kappa shape index (κ1) is 12.5. The number of hydrogen-bond acceptors (Lipinski definition) is 1. The van der Waals surface area contributed by atoms with Crippen LogP contribution in [0.1, 0.15) is 39.6 Å². The number of rotatable bonds is 2. The molecule has 0 radical (unpaired) electrons. The summed E-state index contributed by atoms with van der Waals surface area (Å²) in [7, 11) is 0. The van der Waals surface area contributed by atoms with Gasteiger partial charge in [0, 0.05) is 18.2 Å². The highest BCUT2D eigenvalue weighted by atomic mass is 16.1. The van der Waals surface area contributed by atoms with Crippen LogP contribution >= 0.6 is 0 Å². The number of para-hydroxylation sites is 1. The third-order valence-corrected chi connectivity index (χ3v) is 2.32. The SMILES string of the molecule is CC.CC(C)C(=O)c1cc2ccccc2[nH]1.[HH]. The normalized spacial score (nSPS) is 10.1. The summed E-state index contributed by atoms with van der Waals surface area (Å²) in [6.07, 6.45) is 0. The van der Waals surface area contributed by atoms with Crippen molar-refractivity contribution in [2.24, 2.45) is 5.92 Å². The van der Waals surface area contributed by atoms with Crippen molar-refractivity contribution >= 4 is 16.7 Å². The van der Waals surface area contributed by atoms with Gasteiger partial charge in [-0.15, -0.1) is 0 Å². The van der Waals surface area contributed by atoms with Crippen molar-refractivity contribution in [2.75, 3.05) is 0 Å². The molecule has 1 heterocycles. The zero-order chi connectivity index (χ0) is 12.1. The summed E-state index contributed by atoms with van der Waals surface area (Å²) in [5, 5.41) is 1.09. The molecule has 0 aliphatic rings. The minimum Gasteiger partial charge on any atom is -0.352 e. The molecule has 0 fully saturated rings. The first-order chi connectivity index (χ1) is 7.68. The summed E-state index contributed by atoms with van der Waals surface area (Å²) >= 11 is 0. The molecular weight excluding hydrogens is 198 g/mol. The Kier molecular flexibility index (Phi) is 4.29. The van der Waals surface area contributed by atoms with E-state index in [-0.39, 0.29) is 13.1 Å². The number of nitrogens with one attached hydrogen (secondary N) is 1. The van der Waals surface area contributed by atoms with Crippen LogP contribution in [0.25, 0.3) is 10.9 Å². The summed E-state index contributed by atoms with van der Waals surface area (Å²) < 4.78 is 0. The van der Waals surface area contributed by atoms with Crippen LogP contribution in [0.5, 0.6) is 0 Å². The van der Waals surface area contributed by atoms with Gasteiger partial charge in [-0.3, -0.25) is 4.79 Å². The lowest BCUT2D eigenvalue weighted by Gasteiger charge is -1.99. The maximum absolute atomic E-state index is 11.7. The third kappa shape index (κ3) is 2.51. The molecule has 0 bridgehead atoms. The van der Waals surface area contributed by atoms with Crippen LogP contribution in [0, 0.1) is 5.92 Å². The number of hydrogen-bond donors (Lipinski definition) is 1. The van der Waals surface area contributed by atoms with Crippen LogP contribution in [0.4, 0.5) is 0 Å². The smallest absolute Gasteiger partial charge is 0.181 e. The van der Waals surface area contributed by atoms with E-state index in [0.717, 1.165) is 10.9 Å². The Hall–Kier alpha value is -1.57. The van der Waals surface area contributed by atoms with Gasteiger partial charge in [-0.1, -0.05) is 45.9 Å². The van der Waals surface area contributed by atoms with Gasteiger partial charge in [0.15, 0.2) is 5.78 Å². The number of Topliss-reactive ketones (excluding diaryl/α,β-unsaturated/α-hetero) is 1. The van der Waals surface area contributed by atoms with Crippen LogP contribution in [-0.2, 0) is 0 Å². The number of ketones is 1. The van der Waals surface area contributed by atoms with Gasteiger partial charge in [-0.25, -0.2) is 0 Å². The number of aromatic amines is 1. The molecule has 0 spiro atoms. The molecule has 2 aromatic rings. The van der Waals surface area contributed by atoms with Crippen LogP contribution in [0.15, 0.2) is 30.3 Å². The Balaban J connectivity index is 0.000000811. The fourth-order valence-corrected chi connectivity index (χ4v) is 1.52. The van der Waals surface area contributed by atoms with Gasteiger partial charge in [0.25, 0.3) is 0 Å². The fraction of sp³-hybridized carbons (Fsp3) is 0.357. The third-order valence-electron chi connectivity index (χ3n) is 2.32. The molecule has 0 atom stereocenters. The molecule has 0 unspecified atom stereocenters. The largest absolute Gasteiger partial charge is 0.352 e. The van der Waals surface area contributed by atoms with Crippen LogP contribution < -0.4 is 0 Å². The highest BCUT2D eigenvalue weighted by molar-refractivity contribution is 6.00. The topological polar surface area (TPSA) is 32.9 Å². The van der Waals surface area contributed by atoms with E-state index in [0.29, 0.717) is 5.69 Å². The van der Waals surface area contributed by atoms with E-state index in [2.05, 4.69) is 4.98 Å². The van der Waals surface area contributed by atoms with E-state index < -0.39 is 0 Å². The van der Waals surface area contributed by atoms with Crippen molar-refractivity contribution in [2.45, 2.75) is 27.7 Å². The van der Waals surface area contributed by atoms with E-state index in [4.69, 9.17) is 0 Å². The predicted octanol–water partition coefficient (Wildman–Crippen LogP) is 4.28. The monoisotopic (exact) mass is 219 g/mol. The summed E-state index contributed by atoms with van der Waals surface area (Å²) in [6.45, 7) is 7.82. The number of carbonyl (C=O) groups excluding carboxylic acids is 1. The lowest BCUT2D eigenvalue weighted by atomic mass is 10.1. The number of benzene rings is 1. The van der Waals surface area contributed by atoms with E-state index in [9.17, 15) is 4.79 Å². The second kappa shape index (κ2) is 5.50. The zero-order valence-electron chi connectivity index (χ0n) is 10.4. The van der Waals surface area contributed by atoms with E-state index in [1.165, 1.54) is 0 Å². The van der Waals surface area contributed by atoms with E-state index >= 15 is 0 Å². The maximum Gasteiger partial charge on any atom is 0.181 e. The highest BCUT2D eigenvalue weighted by Crippen LogP contribution is 2.16. The van der Waals surface area contributed by atoms with Crippen LogP contribution in [-0.4, -0.2) is 10.8 Å². The first-order valence-electron chi connectivity index (χ1n) is 5.80. The zero-order valence-corrected chi connectivity index (χ0v) is 10.4. The summed E-state index contributed by atoms with van der Waals surface area (Å²) in [4.78, 5) is 14.8. The lowest BCUT2D eigenvalue weighted by Crippen LogP contribution is -2.07. The van der Waals surface area contributed by atoms with Gasteiger partial charge in [0.1, 0.15) is 0 Å². The van der Waals surface area contributed by atoms with Gasteiger partial charge in [-0.05, 0) is 12.1 Å². The van der Waals surface area contributed by atoms with Gasteiger partial charge in [-0.2, -0.15) is 0 Å². The molecule has 1 aromatic heterocycles. The molecule has 1 aromatic carbocycles. The molecule has 2 nitrogen and oxygen atoms in total. The second-order valence-corrected chi connectivity index (χ2v) is 3.79. The Labute approximate surface area is 98.2 Å². The molecule has 16 heavy (non-hydrogen) atoms. The molecule has 2 heteroatoms. The van der Waals surface area contributed by atoms with Crippen molar-refractivity contribution in [3.05, 3.63) is 36.0 Å². The maximum atomic E-state index is 11.7. The van der Waals surface area contributed by atoms with Crippen molar-refractivity contribution in [3.63, 3.8) is 0 Å². The molecule has 2 rings (SSSR count). The van der Waals surface area contributed by atoms with Crippen LogP contribution in [0.2, 0.25) is 0 Å². The van der Waals surface area contributed by atoms with E-state index in [1.807, 2.05) is 58.0 Å². The lowest BCUT2D eigenvalue weighted by molar-refractivity contribution is 0.0935. The minimum absolute atomic E-state index is 0. The molecule has 88 valence electrons. The molecule has 1 N–H and O–H groups in total. The molecule has 0 aliphatic heterocycles. The summed E-state index contributed by atoms with van der Waals surface area (Å²) in [5.74, 6) is 0.212. The second-order valence-electron chi connectivity index (χ2n) is 3.79. The van der Waals surface area contributed by atoms with E-state index in [1.54, 1.807) is 0 Å². The Bertz CT molecular complexity index is 441. The average Bonchev–Trinajstić information content (AvgIpc) is 2.74. The Morgan fingerprint density at radius 3 is 2.44 bits per heavy atom. The van der Waals surface area contributed by atoms with Gasteiger partial charge >= 0.3 is 0 Å². The number of H-pyrrole nitrogens is 1. The van der Waals surface area contributed by atoms with Crippen molar-refractivity contribution in [3.8, 4) is 0 Å². The highest BCUT2D eigenvalue weighted by Gasteiger charge is 2.12. The van der Waals surface area contributed by atoms with Crippen LogP contribution in [0.3, 0.4) is 0 Å². The number of carbonyl (C=O) groups is 1. The van der Waals surface area contributed by atoms with Gasteiger partial charge in [0.2, 0.25) is 0 Å². The molecular formula is C14H21NO. The Morgan fingerprint density at radius 2 is 1.88 bits per heavy atom. The number of fused-ring (bicyclic) bond motifs is 1. The molecule has 0 aliphatic carbocycles. The first-order valence-corrected chi connectivity index (χ1v) is 5.80. The van der Waals surface area contributed by atoms with Crippen molar-refractivity contribution in [1.29, 1.82) is 0 Å². The molecule has 0 amide bonds. The average molecular weight is 219 g/mol. The van der Waals surface area contributed by atoms with Gasteiger partial charge in [0.05, 0.1) is 5.69 Å². The quantitative estimate of drug-likeness (QED) is 0.751. The molecule has 0 saturated heterocycles. The van der Waals surface area contributed by atoms with Gasteiger partial charge < -0.3 is 4.98 Å². The number of aromatic nitrogens is 1.